The molecule has 1 aromatic heterocycles. The zero-order valence-electron chi connectivity index (χ0n) is 18.3. The molecule has 1 aliphatic rings. The van der Waals surface area contributed by atoms with E-state index in [1.165, 1.54) is 0 Å². The van der Waals surface area contributed by atoms with E-state index >= 15 is 0 Å². The Bertz CT molecular complexity index is 1030. The molecule has 0 saturated carbocycles. The average Bonchev–Trinajstić information content (AvgIpc) is 3.28. The third kappa shape index (κ3) is 4.72. The number of amides is 1. The third-order valence-electron chi connectivity index (χ3n) is 6.02. The maximum absolute atomic E-state index is 11.6. The minimum atomic E-state index is -0.227. The molecule has 0 aliphatic carbocycles. The zero-order valence-corrected chi connectivity index (χ0v) is 18.3. The number of ether oxygens (including phenoxy) is 2. The number of aromatic nitrogens is 4. The Kier molecular flexibility index (Phi) is 6.65. The molecule has 0 spiro atoms. The molecule has 2 aromatic carbocycles. The molecule has 2 heterocycles. The number of rotatable bonds is 8. The predicted octanol–water partition coefficient (Wildman–Crippen LogP) is 2.03. The standard InChI is InChI=1S/C23H28N6O3/c1-31-19-7-3-16(4-8-19)15-29-23(25-26-27-29)21(17-5-9-20(32-2)10-6-17)28-13-11-18(12-14-28)22(24)30/h3-10,18,21H,11-15H2,1-2H3,(H2,24,30). The van der Waals surface area contributed by atoms with Crippen LogP contribution < -0.4 is 15.2 Å². The van der Waals surface area contributed by atoms with Crippen LogP contribution in [-0.4, -0.2) is 58.3 Å². The molecule has 1 saturated heterocycles. The van der Waals surface area contributed by atoms with Gasteiger partial charge in [-0.25, -0.2) is 4.68 Å². The van der Waals surface area contributed by atoms with Gasteiger partial charge in [0, 0.05) is 5.92 Å². The van der Waals surface area contributed by atoms with E-state index in [1.807, 2.05) is 53.2 Å². The van der Waals surface area contributed by atoms with Gasteiger partial charge in [0.1, 0.15) is 11.5 Å². The summed E-state index contributed by atoms with van der Waals surface area (Å²) in [5, 5.41) is 12.7. The van der Waals surface area contributed by atoms with Crippen molar-refractivity contribution >= 4 is 5.91 Å². The molecule has 9 heteroatoms. The molecule has 32 heavy (non-hydrogen) atoms. The van der Waals surface area contributed by atoms with E-state index in [1.54, 1.807) is 14.2 Å². The molecule has 4 rings (SSSR count). The van der Waals surface area contributed by atoms with Gasteiger partial charge in [0.15, 0.2) is 5.82 Å². The van der Waals surface area contributed by atoms with Crippen LogP contribution in [0, 0.1) is 5.92 Å². The fraction of sp³-hybridized carbons (Fsp3) is 0.391. The summed E-state index contributed by atoms with van der Waals surface area (Å²) in [7, 11) is 3.30. The zero-order chi connectivity index (χ0) is 22.5. The minimum Gasteiger partial charge on any atom is -0.497 e. The monoisotopic (exact) mass is 436 g/mol. The molecule has 168 valence electrons. The number of piperidine rings is 1. The van der Waals surface area contributed by atoms with Crippen molar-refractivity contribution < 1.29 is 14.3 Å². The molecule has 1 unspecified atom stereocenters. The number of tetrazole rings is 1. The van der Waals surface area contributed by atoms with E-state index in [0.717, 1.165) is 54.4 Å². The first-order valence-corrected chi connectivity index (χ1v) is 10.7. The second kappa shape index (κ2) is 9.78. The van der Waals surface area contributed by atoms with E-state index in [2.05, 4.69) is 20.4 Å². The Hall–Kier alpha value is -3.46. The lowest BCUT2D eigenvalue weighted by Gasteiger charge is -2.36. The first kappa shape index (κ1) is 21.8. The number of carbonyl (C=O) groups excluding carboxylic acids is 1. The number of hydrogen-bond donors (Lipinski definition) is 1. The third-order valence-corrected chi connectivity index (χ3v) is 6.02. The van der Waals surface area contributed by atoms with Crippen LogP contribution in [0.3, 0.4) is 0 Å². The molecule has 2 N–H and O–H groups in total. The first-order valence-electron chi connectivity index (χ1n) is 10.7. The van der Waals surface area contributed by atoms with Gasteiger partial charge < -0.3 is 15.2 Å². The molecule has 3 aromatic rings. The van der Waals surface area contributed by atoms with Crippen LogP contribution in [0.4, 0.5) is 0 Å². The summed E-state index contributed by atoms with van der Waals surface area (Å²) in [4.78, 5) is 14.0. The van der Waals surface area contributed by atoms with E-state index in [4.69, 9.17) is 15.2 Å². The van der Waals surface area contributed by atoms with Gasteiger partial charge in [-0.05, 0) is 71.8 Å². The fourth-order valence-electron chi connectivity index (χ4n) is 4.18. The number of hydrogen-bond acceptors (Lipinski definition) is 7. The number of benzene rings is 2. The van der Waals surface area contributed by atoms with Gasteiger partial charge in [-0.3, -0.25) is 9.69 Å². The van der Waals surface area contributed by atoms with Gasteiger partial charge in [0.2, 0.25) is 5.91 Å². The molecule has 1 aliphatic heterocycles. The number of carbonyl (C=O) groups is 1. The van der Waals surface area contributed by atoms with Crippen molar-refractivity contribution in [3.05, 3.63) is 65.5 Å². The largest absolute Gasteiger partial charge is 0.497 e. The lowest BCUT2D eigenvalue weighted by molar-refractivity contribution is -0.123. The van der Waals surface area contributed by atoms with Crippen molar-refractivity contribution in [1.29, 1.82) is 0 Å². The first-order chi connectivity index (χ1) is 15.6. The average molecular weight is 437 g/mol. The van der Waals surface area contributed by atoms with Crippen LogP contribution in [0.15, 0.2) is 48.5 Å². The van der Waals surface area contributed by atoms with Gasteiger partial charge >= 0.3 is 0 Å². The van der Waals surface area contributed by atoms with Crippen LogP contribution in [0.5, 0.6) is 11.5 Å². The summed E-state index contributed by atoms with van der Waals surface area (Å²) in [5.41, 5.74) is 7.67. The normalized spacial score (nSPS) is 15.9. The van der Waals surface area contributed by atoms with Crippen LogP contribution in [0.2, 0.25) is 0 Å². The summed E-state index contributed by atoms with van der Waals surface area (Å²) in [6.45, 7) is 2.01. The van der Waals surface area contributed by atoms with Crippen molar-refractivity contribution in [1.82, 2.24) is 25.1 Å². The Morgan fingerprint density at radius 2 is 1.62 bits per heavy atom. The predicted molar refractivity (Wildman–Crippen MR) is 118 cm³/mol. The summed E-state index contributed by atoms with van der Waals surface area (Å²) in [6, 6.07) is 15.7. The lowest BCUT2D eigenvalue weighted by atomic mass is 9.93. The van der Waals surface area contributed by atoms with Crippen molar-refractivity contribution in [2.75, 3.05) is 27.3 Å². The highest BCUT2D eigenvalue weighted by molar-refractivity contribution is 5.76. The van der Waals surface area contributed by atoms with Crippen LogP contribution in [-0.2, 0) is 11.3 Å². The van der Waals surface area contributed by atoms with Gasteiger partial charge in [0.05, 0.1) is 26.8 Å². The van der Waals surface area contributed by atoms with Gasteiger partial charge in [-0.2, -0.15) is 0 Å². The van der Waals surface area contributed by atoms with E-state index in [0.29, 0.717) is 6.54 Å². The summed E-state index contributed by atoms with van der Waals surface area (Å²) in [6.07, 6.45) is 1.45. The molecule has 1 atom stereocenters. The molecule has 9 nitrogen and oxygen atoms in total. The quantitative estimate of drug-likeness (QED) is 0.575. The van der Waals surface area contributed by atoms with Crippen molar-refractivity contribution in [2.45, 2.75) is 25.4 Å². The SMILES string of the molecule is COc1ccc(Cn2nnnc2C(c2ccc(OC)cc2)N2CCC(C(N)=O)CC2)cc1. The van der Waals surface area contributed by atoms with Crippen molar-refractivity contribution in [2.24, 2.45) is 11.7 Å². The van der Waals surface area contributed by atoms with Gasteiger partial charge in [0.25, 0.3) is 0 Å². The Balaban J connectivity index is 1.64. The van der Waals surface area contributed by atoms with Gasteiger partial charge in [-0.15, -0.1) is 5.10 Å². The molecule has 1 amide bonds. The lowest BCUT2D eigenvalue weighted by Crippen LogP contribution is -2.41. The molecule has 0 radical (unpaired) electrons. The topological polar surface area (TPSA) is 108 Å². The second-order valence-electron chi connectivity index (χ2n) is 7.93. The van der Waals surface area contributed by atoms with Crippen molar-refractivity contribution in [3.8, 4) is 11.5 Å². The number of likely N-dealkylation sites (tertiary alicyclic amines) is 1. The van der Waals surface area contributed by atoms with E-state index < -0.39 is 0 Å². The highest BCUT2D eigenvalue weighted by Gasteiger charge is 2.32. The Morgan fingerprint density at radius 3 is 2.19 bits per heavy atom. The number of nitrogens with two attached hydrogens (primary N) is 1. The van der Waals surface area contributed by atoms with Gasteiger partial charge in [-0.1, -0.05) is 24.3 Å². The maximum atomic E-state index is 11.6. The molecule has 1 fully saturated rings. The molecule has 0 bridgehead atoms. The maximum Gasteiger partial charge on any atom is 0.220 e. The van der Waals surface area contributed by atoms with E-state index in [-0.39, 0.29) is 17.9 Å². The smallest absolute Gasteiger partial charge is 0.220 e. The van der Waals surface area contributed by atoms with Crippen LogP contribution in [0.25, 0.3) is 0 Å². The van der Waals surface area contributed by atoms with E-state index in [9.17, 15) is 4.79 Å². The molecular formula is C23H28N6O3. The summed E-state index contributed by atoms with van der Waals surface area (Å²) >= 11 is 0. The fourth-order valence-corrected chi connectivity index (χ4v) is 4.18. The number of primary amides is 1. The highest BCUT2D eigenvalue weighted by atomic mass is 16.5. The number of methoxy groups -OCH3 is 2. The summed E-state index contributed by atoms with van der Waals surface area (Å²) in [5.74, 6) is 2.04. The molecular weight excluding hydrogens is 408 g/mol. The van der Waals surface area contributed by atoms with Crippen molar-refractivity contribution in [3.63, 3.8) is 0 Å². The Morgan fingerprint density at radius 1 is 1.03 bits per heavy atom. The second-order valence-corrected chi connectivity index (χ2v) is 7.93. The number of nitrogens with zero attached hydrogens (tertiary/aromatic N) is 5. The Labute approximate surface area is 187 Å². The van der Waals surface area contributed by atoms with Crippen LogP contribution in [0.1, 0.15) is 35.8 Å². The minimum absolute atomic E-state index is 0.0851. The summed E-state index contributed by atoms with van der Waals surface area (Å²) < 4.78 is 12.4. The van der Waals surface area contributed by atoms with Crippen LogP contribution >= 0.6 is 0 Å². The highest BCUT2D eigenvalue weighted by Crippen LogP contribution is 2.32.